The third-order valence-corrected chi connectivity index (χ3v) is 19.7. The van der Waals surface area contributed by atoms with Crippen LogP contribution in [0, 0.1) is 0 Å². The van der Waals surface area contributed by atoms with E-state index in [-0.39, 0.29) is 0 Å². The summed E-state index contributed by atoms with van der Waals surface area (Å²) in [6, 6.07) is 53.7. The first-order chi connectivity index (χ1) is 45.6. The van der Waals surface area contributed by atoms with E-state index in [0.29, 0.717) is 58.2 Å². The van der Waals surface area contributed by atoms with Crippen LogP contribution in [0.1, 0.15) is 124 Å². The van der Waals surface area contributed by atoms with Crippen molar-refractivity contribution in [2.24, 2.45) is 0 Å². The fourth-order valence-electron chi connectivity index (χ4n) is 14.7. The molecular weight excluding hydrogens is 1160 g/mol. The van der Waals surface area contributed by atoms with Crippen LogP contribution in [0.25, 0.3) is 156 Å². The molecule has 15 rings (SSSR count). The summed E-state index contributed by atoms with van der Waals surface area (Å²) in [7, 11) is 10.1. The first kappa shape index (κ1) is 59.7. The molecule has 468 valence electrons. The summed E-state index contributed by atoms with van der Waals surface area (Å²) < 4.78 is 37.9. The van der Waals surface area contributed by atoms with Gasteiger partial charge in [-0.15, -0.1) is 0 Å². The van der Waals surface area contributed by atoms with Crippen molar-refractivity contribution in [2.45, 2.75) is 79.1 Å². The molecule has 10 nitrogen and oxygen atoms in total. The van der Waals surface area contributed by atoms with Crippen LogP contribution in [0.15, 0.2) is 146 Å². The molecule has 10 heteroatoms. The van der Waals surface area contributed by atoms with Gasteiger partial charge in [0.15, 0.2) is 34.5 Å². The van der Waals surface area contributed by atoms with E-state index < -0.39 is 0 Å². The van der Waals surface area contributed by atoms with Crippen LogP contribution in [-0.2, 0) is 0 Å². The number of aromatic nitrogens is 4. The number of fused-ring (bicyclic) bond motifs is 17. The molecule has 0 unspecified atom stereocenters. The Hall–Kier alpha value is -10.6. The number of rotatable bonds is 14. The monoisotopic (exact) mass is 1240 g/mol. The molecule has 2 N–H and O–H groups in total. The lowest BCUT2D eigenvalue weighted by atomic mass is 9.84. The van der Waals surface area contributed by atoms with E-state index in [1.54, 1.807) is 42.7 Å². The van der Waals surface area contributed by atoms with E-state index in [4.69, 9.17) is 38.4 Å². The Balaban J connectivity index is 1.22. The summed E-state index contributed by atoms with van der Waals surface area (Å²) in [6.45, 7) is 17.9. The molecule has 10 aromatic carbocycles. The van der Waals surface area contributed by atoms with Crippen molar-refractivity contribution < 1.29 is 28.4 Å². The van der Waals surface area contributed by atoms with Gasteiger partial charge in [-0.05, 0) is 173 Å². The highest BCUT2D eigenvalue weighted by Crippen LogP contribution is 2.57. The van der Waals surface area contributed by atoms with Crippen LogP contribution in [0.2, 0.25) is 0 Å². The Morgan fingerprint density at radius 1 is 0.277 bits per heavy atom. The topological polar surface area (TPSA) is 113 Å². The summed E-state index contributed by atoms with van der Waals surface area (Å²) in [4.78, 5) is 20.0. The van der Waals surface area contributed by atoms with Gasteiger partial charge in [0.2, 0.25) is 0 Å². The maximum Gasteiger partial charge on any atom is 0.169 e. The highest BCUT2D eigenvalue weighted by molar-refractivity contribution is 6.43. The van der Waals surface area contributed by atoms with E-state index in [1.807, 2.05) is 12.1 Å². The molecule has 0 radical (unpaired) electrons. The van der Waals surface area contributed by atoms with E-state index >= 15 is 0 Å². The van der Waals surface area contributed by atoms with Gasteiger partial charge in [0.1, 0.15) is 0 Å². The van der Waals surface area contributed by atoms with Crippen LogP contribution in [0.4, 0.5) is 0 Å². The summed E-state index contributed by atoms with van der Waals surface area (Å²) in [6.07, 6.45) is 8.79. The zero-order valence-corrected chi connectivity index (χ0v) is 55.8. The highest BCUT2D eigenvalue weighted by Gasteiger charge is 2.30. The van der Waals surface area contributed by atoms with Gasteiger partial charge in [-0.1, -0.05) is 152 Å². The quantitative estimate of drug-likeness (QED) is 0.0818. The lowest BCUT2D eigenvalue weighted by molar-refractivity contribution is 0.355. The van der Waals surface area contributed by atoms with Gasteiger partial charge >= 0.3 is 0 Å². The summed E-state index contributed by atoms with van der Waals surface area (Å²) in [5.41, 5.74) is 20.1. The van der Waals surface area contributed by atoms with Crippen molar-refractivity contribution in [3.05, 3.63) is 191 Å². The van der Waals surface area contributed by atoms with Crippen LogP contribution in [-0.4, -0.2) is 62.6 Å². The Morgan fingerprint density at radius 3 is 0.862 bits per heavy atom. The summed E-state index contributed by atoms with van der Waals surface area (Å²) in [5, 5.41) is 11.3. The standard InChI is InChI=1S/C84H76N4O6/c1-43(2)47-15-23-51(24-16-47)73-63-31-32-64(85-63)74(52-25-17-48(18-26-52)44(3)4)66-34-36-68(87-66)76(54-29-21-50(22-30-54)46(7)8)82-62-38-56-55(37-61(62)81(88-82)75(67-35-33-65(73)86-67)53-27-19-49(20-28-53)45(5)6)57-41-71(91-11)83(93-13)79-59-39-69(89-9)70(90-10)40-60(59)80-78(77(57)79)58(56)42-72(92-12)84(80)94-14/h15-46,85,88H,1-14H3. The van der Waals surface area contributed by atoms with E-state index in [1.165, 1.54) is 22.3 Å². The normalized spacial score (nSPS) is 12.4. The van der Waals surface area contributed by atoms with Crippen molar-refractivity contribution in [1.82, 2.24) is 19.9 Å². The predicted octanol–water partition coefficient (Wildman–Crippen LogP) is 22.2. The van der Waals surface area contributed by atoms with Crippen LogP contribution < -0.4 is 28.4 Å². The van der Waals surface area contributed by atoms with E-state index in [2.05, 4.69) is 223 Å². The van der Waals surface area contributed by atoms with Crippen molar-refractivity contribution >= 4 is 111 Å². The smallest absolute Gasteiger partial charge is 0.169 e. The van der Waals surface area contributed by atoms with Gasteiger partial charge in [-0.2, -0.15) is 0 Å². The number of nitrogens with zero attached hydrogens (tertiary/aromatic N) is 2. The number of methoxy groups -OCH3 is 6. The second-order valence-corrected chi connectivity index (χ2v) is 26.2. The molecule has 2 aliphatic heterocycles. The fraction of sp³-hybridized carbons (Fsp3) is 0.214. The minimum Gasteiger partial charge on any atom is -0.493 e. The Labute approximate surface area is 547 Å². The number of hydrogen-bond donors (Lipinski definition) is 2. The second kappa shape index (κ2) is 23.2. The number of H-pyrrole nitrogens is 2. The van der Waals surface area contributed by atoms with Gasteiger partial charge in [-0.3, -0.25) is 0 Å². The Kier molecular flexibility index (Phi) is 14.7. The number of aromatic amines is 2. The van der Waals surface area contributed by atoms with Crippen LogP contribution in [0.3, 0.4) is 0 Å². The van der Waals surface area contributed by atoms with Gasteiger partial charge in [0, 0.05) is 65.6 Å². The average Bonchev–Trinajstić information content (AvgIpc) is 0.902. The summed E-state index contributed by atoms with van der Waals surface area (Å²) in [5.74, 6) is 4.86. The minimum atomic E-state index is 0.317. The van der Waals surface area contributed by atoms with E-state index in [9.17, 15) is 0 Å². The first-order valence-corrected chi connectivity index (χ1v) is 32.6. The van der Waals surface area contributed by atoms with Gasteiger partial charge in [0.05, 0.1) is 76.5 Å². The zero-order valence-electron chi connectivity index (χ0n) is 55.8. The molecule has 3 aromatic heterocycles. The zero-order chi connectivity index (χ0) is 65.1. The molecular formula is C84H76N4O6. The van der Waals surface area contributed by atoms with Crippen molar-refractivity contribution in [3.63, 3.8) is 0 Å². The third-order valence-electron chi connectivity index (χ3n) is 19.7. The van der Waals surface area contributed by atoms with Crippen LogP contribution in [0.5, 0.6) is 34.5 Å². The Bertz CT molecular complexity index is 5140. The fourth-order valence-corrected chi connectivity index (χ4v) is 14.7. The second-order valence-electron chi connectivity index (χ2n) is 26.2. The molecule has 8 bridgehead atoms. The molecule has 13 aromatic rings. The third kappa shape index (κ3) is 9.42. The molecule has 0 spiro atoms. The van der Waals surface area contributed by atoms with E-state index in [0.717, 1.165) is 154 Å². The molecule has 0 aliphatic carbocycles. The number of benzene rings is 10. The summed E-state index contributed by atoms with van der Waals surface area (Å²) >= 11 is 0. The average molecular weight is 1240 g/mol. The number of nitrogens with one attached hydrogen (secondary N) is 2. The Morgan fingerprint density at radius 2 is 0.564 bits per heavy atom. The number of hydrogen-bond acceptors (Lipinski definition) is 8. The molecule has 0 saturated carbocycles. The number of ether oxygens (including phenoxy) is 6. The van der Waals surface area contributed by atoms with Crippen molar-refractivity contribution in [3.8, 4) is 79.0 Å². The molecule has 0 amide bonds. The lowest BCUT2D eigenvalue weighted by Gasteiger charge is -2.24. The van der Waals surface area contributed by atoms with Gasteiger partial charge in [-0.25, -0.2) is 9.97 Å². The highest BCUT2D eigenvalue weighted by atomic mass is 16.5. The lowest BCUT2D eigenvalue weighted by Crippen LogP contribution is -2.00. The largest absolute Gasteiger partial charge is 0.493 e. The van der Waals surface area contributed by atoms with Gasteiger partial charge in [0.25, 0.3) is 0 Å². The molecule has 0 fully saturated rings. The molecule has 0 atom stereocenters. The van der Waals surface area contributed by atoms with Crippen molar-refractivity contribution in [1.29, 1.82) is 0 Å². The SMILES string of the molecule is COc1cc2c(cc1OC)c1c(OC)c(OC)cc3c4cc5c6[nH]c(c(-c7ccc(C(C)C)cc7)c7nc(c(-c8ccc(C(C)C)cc8)c8ccc([nH]8)c(-c8ccc(C(C)C)cc8)c8nc(c6-c6ccc(C(C)C)cc6)C=C8)C=C7)c5cc4c4cc(OC)c(OC)c2c4c31. The minimum absolute atomic E-state index is 0.317. The molecule has 94 heavy (non-hydrogen) atoms. The van der Waals surface area contributed by atoms with Crippen LogP contribution >= 0.6 is 0 Å². The molecule has 0 saturated heterocycles. The maximum atomic E-state index is 6.47. The molecule has 2 aliphatic rings. The first-order valence-electron chi connectivity index (χ1n) is 32.6. The molecule has 5 heterocycles. The maximum absolute atomic E-state index is 6.47. The van der Waals surface area contributed by atoms with Crippen molar-refractivity contribution in [2.75, 3.05) is 42.7 Å². The van der Waals surface area contributed by atoms with Gasteiger partial charge < -0.3 is 38.4 Å². The predicted molar refractivity (Wildman–Crippen MR) is 392 cm³/mol.